The van der Waals surface area contributed by atoms with Crippen LogP contribution in [0.25, 0.3) is 22.6 Å². The maximum Gasteiger partial charge on any atom is 0.332 e. The Labute approximate surface area is 160 Å². The van der Waals surface area contributed by atoms with Crippen molar-refractivity contribution < 1.29 is 5.11 Å². The first-order valence-electron chi connectivity index (χ1n) is 9.25. The molecule has 0 radical (unpaired) electrons. The minimum Gasteiger partial charge on any atom is -0.396 e. The molecular weight excluding hydrogens is 358 g/mol. The van der Waals surface area contributed by atoms with E-state index in [0.29, 0.717) is 23.4 Å². The molecule has 146 valence electrons. The predicted octanol–water partition coefficient (Wildman–Crippen LogP) is 1.45. The SMILES string of the molecule is Cc1ccccc1-n1c(C)c(C)n2c3c(=O)n(CCCO)c(=O)n(C)c3nc12. The summed E-state index contributed by atoms with van der Waals surface area (Å²) in [6.07, 6.45) is 0.338. The van der Waals surface area contributed by atoms with E-state index in [1.807, 2.05) is 54.0 Å². The predicted molar refractivity (Wildman–Crippen MR) is 107 cm³/mol. The lowest BCUT2D eigenvalue weighted by atomic mass is 10.2. The van der Waals surface area contributed by atoms with Gasteiger partial charge in [-0.25, -0.2) is 4.79 Å². The van der Waals surface area contributed by atoms with Gasteiger partial charge in [0.1, 0.15) is 0 Å². The molecule has 8 nitrogen and oxygen atoms in total. The summed E-state index contributed by atoms with van der Waals surface area (Å²) in [4.78, 5) is 30.5. The third-order valence-corrected chi connectivity index (χ3v) is 5.42. The summed E-state index contributed by atoms with van der Waals surface area (Å²) in [6.45, 7) is 6.05. The van der Waals surface area contributed by atoms with Crippen molar-refractivity contribution in [3.05, 3.63) is 62.1 Å². The van der Waals surface area contributed by atoms with Crippen LogP contribution in [-0.2, 0) is 13.6 Å². The van der Waals surface area contributed by atoms with Gasteiger partial charge in [-0.05, 0) is 38.8 Å². The number of aromatic nitrogens is 5. The lowest BCUT2D eigenvalue weighted by molar-refractivity contribution is 0.277. The zero-order valence-corrected chi connectivity index (χ0v) is 16.4. The molecule has 0 atom stereocenters. The third-order valence-electron chi connectivity index (χ3n) is 5.42. The minimum absolute atomic E-state index is 0.0861. The van der Waals surface area contributed by atoms with E-state index in [2.05, 4.69) is 4.98 Å². The van der Waals surface area contributed by atoms with Crippen LogP contribution in [-0.4, -0.2) is 34.8 Å². The van der Waals surface area contributed by atoms with Gasteiger partial charge in [0, 0.05) is 31.6 Å². The van der Waals surface area contributed by atoms with Crippen LogP contribution < -0.4 is 11.2 Å². The minimum atomic E-state index is -0.427. The van der Waals surface area contributed by atoms with Crippen LogP contribution in [0.3, 0.4) is 0 Å². The summed E-state index contributed by atoms with van der Waals surface area (Å²) in [5, 5.41) is 9.11. The van der Waals surface area contributed by atoms with Gasteiger partial charge in [0.2, 0.25) is 5.78 Å². The molecule has 0 saturated carbocycles. The first-order valence-corrected chi connectivity index (χ1v) is 9.25. The molecule has 0 aliphatic rings. The summed E-state index contributed by atoms with van der Waals surface area (Å²) in [6, 6.07) is 7.99. The maximum absolute atomic E-state index is 13.2. The average Bonchev–Trinajstić information content (AvgIpc) is 3.17. The number of aryl methyl sites for hydroxylation is 3. The van der Waals surface area contributed by atoms with Gasteiger partial charge in [0.05, 0.1) is 5.69 Å². The molecule has 0 aliphatic heterocycles. The molecule has 0 fully saturated rings. The second-order valence-corrected chi connectivity index (χ2v) is 7.09. The van der Waals surface area contributed by atoms with Crippen LogP contribution >= 0.6 is 0 Å². The Kier molecular flexibility index (Phi) is 4.23. The molecule has 0 amide bonds. The highest BCUT2D eigenvalue weighted by Crippen LogP contribution is 2.26. The molecule has 0 aliphatic carbocycles. The summed E-state index contributed by atoms with van der Waals surface area (Å²) < 4.78 is 6.42. The summed E-state index contributed by atoms with van der Waals surface area (Å²) in [5.41, 5.74) is 3.87. The van der Waals surface area contributed by atoms with E-state index in [1.165, 1.54) is 9.13 Å². The number of fused-ring (bicyclic) bond motifs is 3. The number of para-hydroxylation sites is 1. The van der Waals surface area contributed by atoms with Crippen molar-refractivity contribution in [1.29, 1.82) is 0 Å². The van der Waals surface area contributed by atoms with Gasteiger partial charge < -0.3 is 5.11 Å². The van der Waals surface area contributed by atoms with Crippen LogP contribution in [0.2, 0.25) is 0 Å². The third kappa shape index (κ3) is 2.37. The lowest BCUT2D eigenvalue weighted by Gasteiger charge is -2.09. The molecule has 28 heavy (non-hydrogen) atoms. The fraction of sp³-hybridized carbons (Fsp3) is 0.350. The van der Waals surface area contributed by atoms with E-state index in [9.17, 15) is 9.59 Å². The fourth-order valence-corrected chi connectivity index (χ4v) is 3.78. The molecule has 0 saturated heterocycles. The van der Waals surface area contributed by atoms with Gasteiger partial charge in [-0.1, -0.05) is 18.2 Å². The highest BCUT2D eigenvalue weighted by atomic mass is 16.3. The number of hydrogen-bond donors (Lipinski definition) is 1. The van der Waals surface area contributed by atoms with E-state index in [1.54, 1.807) is 7.05 Å². The number of benzene rings is 1. The molecule has 0 unspecified atom stereocenters. The van der Waals surface area contributed by atoms with Gasteiger partial charge in [-0.15, -0.1) is 0 Å². The van der Waals surface area contributed by atoms with Crippen LogP contribution in [0.5, 0.6) is 0 Å². The van der Waals surface area contributed by atoms with Gasteiger partial charge in [0.15, 0.2) is 11.2 Å². The quantitative estimate of drug-likeness (QED) is 0.580. The largest absolute Gasteiger partial charge is 0.396 e. The molecule has 8 heteroatoms. The molecular formula is C20H23N5O3. The Balaban J connectivity index is 2.17. The Hall–Kier alpha value is -3.13. The van der Waals surface area contributed by atoms with Crippen molar-refractivity contribution in [3.63, 3.8) is 0 Å². The van der Waals surface area contributed by atoms with Crippen molar-refractivity contribution in [2.45, 2.75) is 33.7 Å². The molecule has 4 rings (SSSR count). The normalized spacial score (nSPS) is 11.8. The number of aliphatic hydroxyl groups excluding tert-OH is 1. The second kappa shape index (κ2) is 6.49. The average molecular weight is 381 g/mol. The number of aliphatic hydroxyl groups is 1. The lowest BCUT2D eigenvalue weighted by Crippen LogP contribution is -2.39. The van der Waals surface area contributed by atoms with E-state index in [-0.39, 0.29) is 18.7 Å². The van der Waals surface area contributed by atoms with Gasteiger partial charge in [0.25, 0.3) is 5.56 Å². The highest BCUT2D eigenvalue weighted by Gasteiger charge is 2.23. The second-order valence-electron chi connectivity index (χ2n) is 7.09. The molecule has 0 bridgehead atoms. The number of imidazole rings is 2. The van der Waals surface area contributed by atoms with Gasteiger partial charge in [-0.2, -0.15) is 4.98 Å². The molecule has 0 spiro atoms. The zero-order valence-electron chi connectivity index (χ0n) is 16.4. The summed E-state index contributed by atoms with van der Waals surface area (Å²) >= 11 is 0. The Morgan fingerprint density at radius 2 is 1.79 bits per heavy atom. The number of nitrogens with zero attached hydrogens (tertiary/aromatic N) is 5. The van der Waals surface area contributed by atoms with Crippen molar-refractivity contribution in [2.75, 3.05) is 6.61 Å². The maximum atomic E-state index is 13.2. The van der Waals surface area contributed by atoms with E-state index in [0.717, 1.165) is 22.6 Å². The number of rotatable bonds is 4. The molecule has 3 aromatic heterocycles. The fourth-order valence-electron chi connectivity index (χ4n) is 3.78. The van der Waals surface area contributed by atoms with Gasteiger partial charge in [-0.3, -0.25) is 22.9 Å². The van der Waals surface area contributed by atoms with E-state index in [4.69, 9.17) is 5.11 Å². The Bertz CT molecular complexity index is 1340. The van der Waals surface area contributed by atoms with Crippen molar-refractivity contribution in [3.8, 4) is 5.69 Å². The van der Waals surface area contributed by atoms with Crippen LogP contribution in [0.15, 0.2) is 33.9 Å². The standard InChI is InChI=1S/C20H23N5O3/c1-12-8-5-6-9-15(12)24-13(2)14(3)25-16-17(21-19(24)25)22(4)20(28)23(18(16)27)10-7-11-26/h5-6,8-9,26H,7,10-11H2,1-4H3. The van der Waals surface area contributed by atoms with Crippen molar-refractivity contribution in [2.24, 2.45) is 7.05 Å². The van der Waals surface area contributed by atoms with Crippen LogP contribution in [0.4, 0.5) is 0 Å². The van der Waals surface area contributed by atoms with Crippen LogP contribution in [0, 0.1) is 20.8 Å². The van der Waals surface area contributed by atoms with Crippen molar-refractivity contribution >= 4 is 16.9 Å². The molecule has 1 N–H and O–H groups in total. The monoisotopic (exact) mass is 381 g/mol. The van der Waals surface area contributed by atoms with E-state index >= 15 is 0 Å². The zero-order chi connectivity index (χ0) is 20.2. The van der Waals surface area contributed by atoms with Crippen LogP contribution in [0.1, 0.15) is 23.4 Å². The molecule has 4 aromatic rings. The number of hydrogen-bond acceptors (Lipinski definition) is 4. The van der Waals surface area contributed by atoms with E-state index < -0.39 is 5.69 Å². The van der Waals surface area contributed by atoms with Gasteiger partial charge >= 0.3 is 5.69 Å². The highest BCUT2D eigenvalue weighted by molar-refractivity contribution is 5.77. The Morgan fingerprint density at radius 1 is 1.07 bits per heavy atom. The van der Waals surface area contributed by atoms with Crippen molar-refractivity contribution in [1.82, 2.24) is 23.1 Å². The topological polar surface area (TPSA) is 86.5 Å². The molecule has 3 heterocycles. The summed E-state index contributed by atoms with van der Waals surface area (Å²) in [5.74, 6) is 0.603. The smallest absolute Gasteiger partial charge is 0.332 e. The first-order chi connectivity index (χ1) is 13.4. The molecule has 1 aromatic carbocycles. The first kappa shape index (κ1) is 18.2. The summed E-state index contributed by atoms with van der Waals surface area (Å²) in [7, 11) is 1.62. The Morgan fingerprint density at radius 3 is 2.46 bits per heavy atom.